The van der Waals surface area contributed by atoms with Gasteiger partial charge in [-0.25, -0.2) is 8.42 Å². The summed E-state index contributed by atoms with van der Waals surface area (Å²) in [7, 11) is -1.08. The minimum Gasteiger partial charge on any atom is -0.357 e. The lowest BCUT2D eigenvalue weighted by atomic mass is 10.1. The number of carbonyl (C=O) groups excluding carboxylic acids is 2. The molecule has 7 nitrogen and oxygen atoms in total. The number of amides is 2. The van der Waals surface area contributed by atoms with Gasteiger partial charge in [0.25, 0.3) is 0 Å². The molecule has 0 saturated heterocycles. The number of halogens is 2. The van der Waals surface area contributed by atoms with Crippen molar-refractivity contribution in [2.24, 2.45) is 0 Å². The quantitative estimate of drug-likeness (QED) is 0.622. The van der Waals surface area contributed by atoms with Crippen LogP contribution < -0.4 is 5.32 Å². The standard InChI is InChI=1S/C21H25Cl2N3O4S/c1-14-5-8-17(9-6-14)31(29,30)25(4)13-20(27)26(15(2)21(28)24-3)12-16-7-10-18(22)19(23)11-16/h5-11,15H,12-13H2,1-4H3,(H,24,28)/t15-/m0/s1. The van der Waals surface area contributed by atoms with Crippen LogP contribution in [0.3, 0.4) is 0 Å². The van der Waals surface area contributed by atoms with Crippen LogP contribution in [0.15, 0.2) is 47.4 Å². The number of carbonyl (C=O) groups is 2. The highest BCUT2D eigenvalue weighted by atomic mass is 35.5. The second kappa shape index (κ2) is 10.5. The van der Waals surface area contributed by atoms with Gasteiger partial charge in [0, 0.05) is 20.6 Å². The number of nitrogens with one attached hydrogen (secondary N) is 1. The minimum absolute atomic E-state index is 0.0583. The minimum atomic E-state index is -3.87. The van der Waals surface area contributed by atoms with Crippen molar-refractivity contribution in [1.82, 2.24) is 14.5 Å². The summed E-state index contributed by atoms with van der Waals surface area (Å²) in [5, 5.41) is 3.19. The van der Waals surface area contributed by atoms with Crippen LogP contribution in [0.5, 0.6) is 0 Å². The van der Waals surface area contributed by atoms with Gasteiger partial charge in [-0.3, -0.25) is 9.59 Å². The van der Waals surface area contributed by atoms with E-state index in [-0.39, 0.29) is 17.3 Å². The third-order valence-electron chi connectivity index (χ3n) is 4.84. The van der Waals surface area contributed by atoms with Gasteiger partial charge in [0.2, 0.25) is 21.8 Å². The summed E-state index contributed by atoms with van der Waals surface area (Å²) in [6, 6.07) is 10.4. The molecule has 2 amide bonds. The van der Waals surface area contributed by atoms with Crippen LogP contribution in [0, 0.1) is 6.92 Å². The molecule has 0 radical (unpaired) electrons. The van der Waals surface area contributed by atoms with Crippen LogP contribution in [0.1, 0.15) is 18.1 Å². The monoisotopic (exact) mass is 485 g/mol. The molecule has 10 heteroatoms. The van der Waals surface area contributed by atoms with E-state index < -0.39 is 28.5 Å². The molecule has 0 aliphatic heterocycles. The Morgan fingerprint density at radius 3 is 2.23 bits per heavy atom. The summed E-state index contributed by atoms with van der Waals surface area (Å²) < 4.78 is 26.7. The lowest BCUT2D eigenvalue weighted by Gasteiger charge is -2.30. The first-order valence-corrected chi connectivity index (χ1v) is 11.6. The maximum atomic E-state index is 13.1. The van der Waals surface area contributed by atoms with Crippen molar-refractivity contribution in [2.45, 2.75) is 31.3 Å². The number of likely N-dealkylation sites (N-methyl/N-ethyl adjacent to an activating group) is 2. The van der Waals surface area contributed by atoms with E-state index in [0.29, 0.717) is 15.6 Å². The van der Waals surface area contributed by atoms with Crippen LogP contribution in [0.4, 0.5) is 0 Å². The van der Waals surface area contributed by atoms with Gasteiger partial charge in [-0.1, -0.05) is 47.0 Å². The average molecular weight is 486 g/mol. The largest absolute Gasteiger partial charge is 0.357 e. The number of benzene rings is 2. The Morgan fingerprint density at radius 1 is 1.06 bits per heavy atom. The number of nitrogens with zero attached hydrogens (tertiary/aromatic N) is 2. The predicted octanol–water partition coefficient (Wildman–Crippen LogP) is 3.09. The molecule has 0 aliphatic rings. The van der Waals surface area contributed by atoms with Crippen LogP contribution in [-0.4, -0.2) is 56.1 Å². The van der Waals surface area contributed by atoms with Crippen molar-refractivity contribution in [2.75, 3.05) is 20.6 Å². The number of hydrogen-bond acceptors (Lipinski definition) is 4. The van der Waals surface area contributed by atoms with Gasteiger partial charge in [0.15, 0.2) is 0 Å². The number of hydrogen-bond donors (Lipinski definition) is 1. The normalized spacial score (nSPS) is 12.5. The molecule has 168 valence electrons. The lowest BCUT2D eigenvalue weighted by Crippen LogP contribution is -2.50. The number of sulfonamides is 1. The summed E-state index contributed by atoms with van der Waals surface area (Å²) in [4.78, 5) is 26.7. The second-order valence-electron chi connectivity index (χ2n) is 7.13. The highest BCUT2D eigenvalue weighted by Gasteiger charge is 2.30. The molecule has 2 aromatic carbocycles. The highest BCUT2D eigenvalue weighted by Crippen LogP contribution is 2.24. The molecule has 2 rings (SSSR count). The van der Waals surface area contributed by atoms with Gasteiger partial charge in [-0.05, 0) is 43.7 Å². The lowest BCUT2D eigenvalue weighted by molar-refractivity contribution is -0.140. The first-order valence-electron chi connectivity index (χ1n) is 9.45. The summed E-state index contributed by atoms with van der Waals surface area (Å²) in [5.41, 5.74) is 1.58. The third kappa shape index (κ3) is 6.20. The summed E-state index contributed by atoms with van der Waals surface area (Å²) in [6.45, 7) is 3.05. The Hall–Kier alpha value is -2.13. The van der Waals surface area contributed by atoms with Crippen molar-refractivity contribution >= 4 is 45.0 Å². The Bertz CT molecular complexity index is 1060. The topological polar surface area (TPSA) is 86.8 Å². The molecule has 0 spiro atoms. The number of rotatable bonds is 8. The SMILES string of the molecule is CNC(=O)[C@H](C)N(Cc1ccc(Cl)c(Cl)c1)C(=O)CN(C)S(=O)(=O)c1ccc(C)cc1. The second-order valence-corrected chi connectivity index (χ2v) is 9.99. The van der Waals surface area contributed by atoms with Crippen molar-refractivity contribution in [3.8, 4) is 0 Å². The van der Waals surface area contributed by atoms with Crippen molar-refractivity contribution < 1.29 is 18.0 Å². The third-order valence-corrected chi connectivity index (χ3v) is 7.39. The first-order chi connectivity index (χ1) is 14.5. The van der Waals surface area contributed by atoms with E-state index >= 15 is 0 Å². The van der Waals surface area contributed by atoms with Gasteiger partial charge in [0.1, 0.15) is 6.04 Å². The zero-order valence-electron chi connectivity index (χ0n) is 17.7. The molecule has 0 aliphatic carbocycles. The fourth-order valence-corrected chi connectivity index (χ4v) is 4.32. The fraction of sp³-hybridized carbons (Fsp3) is 0.333. The Morgan fingerprint density at radius 2 is 1.68 bits per heavy atom. The van der Waals surface area contributed by atoms with Gasteiger partial charge in [-0.2, -0.15) is 4.31 Å². The van der Waals surface area contributed by atoms with Gasteiger partial charge in [-0.15, -0.1) is 0 Å². The molecule has 0 heterocycles. The maximum absolute atomic E-state index is 13.1. The molecule has 0 saturated carbocycles. The summed E-state index contributed by atoms with van der Waals surface area (Å²) in [5.74, 6) is -0.905. The Kier molecular flexibility index (Phi) is 8.48. The molecular weight excluding hydrogens is 461 g/mol. The van der Waals surface area contributed by atoms with Crippen molar-refractivity contribution in [3.63, 3.8) is 0 Å². The van der Waals surface area contributed by atoms with Crippen molar-refractivity contribution in [1.29, 1.82) is 0 Å². The van der Waals surface area contributed by atoms with E-state index in [9.17, 15) is 18.0 Å². The van der Waals surface area contributed by atoms with Gasteiger partial charge in [0.05, 0.1) is 21.5 Å². The highest BCUT2D eigenvalue weighted by molar-refractivity contribution is 7.89. The predicted molar refractivity (Wildman–Crippen MR) is 122 cm³/mol. The van der Waals surface area contributed by atoms with Crippen LogP contribution in [0.2, 0.25) is 10.0 Å². The van der Waals surface area contributed by atoms with E-state index in [2.05, 4.69) is 5.32 Å². The van der Waals surface area contributed by atoms with E-state index in [1.54, 1.807) is 37.3 Å². The average Bonchev–Trinajstić information content (AvgIpc) is 2.73. The van der Waals surface area contributed by atoms with Gasteiger partial charge >= 0.3 is 0 Å². The van der Waals surface area contributed by atoms with E-state index in [0.717, 1.165) is 9.87 Å². The molecule has 1 atom stereocenters. The van der Waals surface area contributed by atoms with E-state index in [1.165, 1.54) is 31.1 Å². The van der Waals surface area contributed by atoms with Crippen molar-refractivity contribution in [3.05, 3.63) is 63.6 Å². The molecule has 0 aromatic heterocycles. The van der Waals surface area contributed by atoms with Crippen LogP contribution >= 0.6 is 23.2 Å². The molecule has 31 heavy (non-hydrogen) atoms. The molecule has 0 bridgehead atoms. The molecule has 0 unspecified atom stereocenters. The van der Waals surface area contributed by atoms with Gasteiger partial charge < -0.3 is 10.2 Å². The maximum Gasteiger partial charge on any atom is 0.243 e. The number of aryl methyl sites for hydroxylation is 1. The van der Waals surface area contributed by atoms with Crippen LogP contribution in [-0.2, 0) is 26.2 Å². The molecular formula is C21H25Cl2N3O4S. The molecule has 1 N–H and O–H groups in total. The Labute approximate surface area is 193 Å². The summed E-state index contributed by atoms with van der Waals surface area (Å²) >= 11 is 12.0. The fourth-order valence-electron chi connectivity index (χ4n) is 2.88. The zero-order chi connectivity index (χ0) is 23.3. The molecule has 0 fully saturated rings. The van der Waals surface area contributed by atoms with E-state index in [1.807, 2.05) is 6.92 Å². The Balaban J connectivity index is 2.28. The molecule has 2 aromatic rings. The first kappa shape index (κ1) is 25.1. The van der Waals surface area contributed by atoms with E-state index in [4.69, 9.17) is 23.2 Å². The zero-order valence-corrected chi connectivity index (χ0v) is 20.1. The smallest absolute Gasteiger partial charge is 0.243 e. The summed E-state index contributed by atoms with van der Waals surface area (Å²) in [6.07, 6.45) is 0. The van der Waals surface area contributed by atoms with Crippen LogP contribution in [0.25, 0.3) is 0 Å².